The Labute approximate surface area is 115 Å². The predicted molar refractivity (Wildman–Crippen MR) is 65.8 cm³/mol. The Hall–Kier alpha value is -1.12. The van der Waals surface area contributed by atoms with E-state index in [4.69, 9.17) is 14.0 Å². The molecule has 1 N–H and O–H groups in total. The van der Waals surface area contributed by atoms with Crippen molar-refractivity contribution in [2.75, 3.05) is 33.5 Å². The molecule has 0 bridgehead atoms. The van der Waals surface area contributed by atoms with Crippen LogP contribution in [0.3, 0.4) is 0 Å². The van der Waals surface area contributed by atoms with Gasteiger partial charge in [0.2, 0.25) is 5.89 Å². The third kappa shape index (κ3) is 4.19. The molecule has 0 saturated carbocycles. The Morgan fingerprint density at radius 1 is 1.50 bits per heavy atom. The van der Waals surface area contributed by atoms with E-state index in [1.165, 1.54) is 0 Å². The first-order valence-electron chi connectivity index (χ1n) is 6.64. The molecule has 8 heteroatoms. The van der Waals surface area contributed by atoms with E-state index >= 15 is 0 Å². The van der Waals surface area contributed by atoms with Crippen LogP contribution in [0.5, 0.6) is 0 Å². The molecule has 1 aromatic rings. The lowest BCUT2D eigenvalue weighted by Gasteiger charge is -2.28. The molecule has 0 spiro atoms. The highest BCUT2D eigenvalue weighted by Crippen LogP contribution is 2.24. The molecule has 0 aliphatic carbocycles. The zero-order valence-corrected chi connectivity index (χ0v) is 11.3. The minimum atomic E-state index is -2.45. The van der Waals surface area contributed by atoms with Crippen LogP contribution < -0.4 is 5.32 Å². The van der Waals surface area contributed by atoms with Crippen LogP contribution in [0.15, 0.2) is 4.52 Å². The average Bonchev–Trinajstić information content (AvgIpc) is 2.92. The third-order valence-corrected chi connectivity index (χ3v) is 3.24. The fraction of sp³-hybridized carbons (Fsp3) is 0.833. The van der Waals surface area contributed by atoms with E-state index in [0.29, 0.717) is 31.3 Å². The molecule has 2 atom stereocenters. The highest BCUT2D eigenvalue weighted by Gasteiger charge is 2.30. The maximum atomic E-state index is 11.9. The summed E-state index contributed by atoms with van der Waals surface area (Å²) in [6, 6.07) is 0.243. The van der Waals surface area contributed by atoms with Crippen LogP contribution >= 0.6 is 0 Å². The van der Waals surface area contributed by atoms with E-state index < -0.39 is 13.0 Å². The fourth-order valence-electron chi connectivity index (χ4n) is 2.18. The molecule has 0 amide bonds. The van der Waals surface area contributed by atoms with E-state index in [1.807, 2.05) is 7.05 Å². The van der Waals surface area contributed by atoms with Crippen LogP contribution in [0.4, 0.5) is 8.78 Å². The summed E-state index contributed by atoms with van der Waals surface area (Å²) in [5.74, 6) is 1.01. The molecule has 1 fully saturated rings. The lowest BCUT2D eigenvalue weighted by molar-refractivity contribution is 0.0182. The van der Waals surface area contributed by atoms with Gasteiger partial charge in [0.25, 0.3) is 6.43 Å². The van der Waals surface area contributed by atoms with Gasteiger partial charge in [-0.05, 0) is 13.5 Å². The van der Waals surface area contributed by atoms with Gasteiger partial charge >= 0.3 is 0 Å². The summed E-state index contributed by atoms with van der Waals surface area (Å²) in [6.07, 6.45) is -1.21. The molecule has 0 radical (unpaired) electrons. The zero-order chi connectivity index (χ0) is 14.4. The molecule has 2 heterocycles. The van der Waals surface area contributed by atoms with Gasteiger partial charge in [-0.3, -0.25) is 0 Å². The topological polar surface area (TPSA) is 69.4 Å². The van der Waals surface area contributed by atoms with Crippen molar-refractivity contribution in [1.82, 2.24) is 15.5 Å². The van der Waals surface area contributed by atoms with Crippen molar-refractivity contribution in [2.45, 2.75) is 31.2 Å². The molecule has 0 aromatic carbocycles. The molecule has 1 aliphatic heterocycles. The average molecular weight is 291 g/mol. The summed E-state index contributed by atoms with van der Waals surface area (Å²) < 4.78 is 39.2. The normalized spacial score (nSPS) is 23.4. The predicted octanol–water partition coefficient (Wildman–Crippen LogP) is 0.986. The van der Waals surface area contributed by atoms with E-state index in [2.05, 4.69) is 15.5 Å². The second kappa shape index (κ2) is 7.61. The Balaban J connectivity index is 1.84. The van der Waals surface area contributed by atoms with E-state index in [-0.39, 0.29) is 18.6 Å². The minimum Gasteiger partial charge on any atom is -0.381 e. The van der Waals surface area contributed by atoms with Gasteiger partial charge < -0.3 is 19.3 Å². The molecule has 1 saturated heterocycles. The van der Waals surface area contributed by atoms with Gasteiger partial charge in [0.05, 0.1) is 19.1 Å². The first-order chi connectivity index (χ1) is 9.70. The van der Waals surface area contributed by atoms with Crippen molar-refractivity contribution in [2.24, 2.45) is 0 Å². The van der Waals surface area contributed by atoms with Gasteiger partial charge in [0, 0.05) is 19.1 Å². The minimum absolute atomic E-state index is 0.0250. The van der Waals surface area contributed by atoms with E-state index in [9.17, 15) is 8.78 Å². The van der Waals surface area contributed by atoms with Gasteiger partial charge in [0.1, 0.15) is 6.61 Å². The number of alkyl halides is 2. The van der Waals surface area contributed by atoms with E-state index in [0.717, 1.165) is 6.42 Å². The number of hydrogen-bond acceptors (Lipinski definition) is 6. The Bertz CT molecular complexity index is 403. The number of nitrogens with zero attached hydrogens (tertiary/aromatic N) is 2. The highest BCUT2D eigenvalue weighted by molar-refractivity contribution is 5.01. The smallest absolute Gasteiger partial charge is 0.261 e. The van der Waals surface area contributed by atoms with Gasteiger partial charge in [-0.2, -0.15) is 4.98 Å². The number of rotatable bonds is 7. The third-order valence-electron chi connectivity index (χ3n) is 3.24. The molecule has 2 rings (SSSR count). The first kappa shape index (κ1) is 15.3. The maximum absolute atomic E-state index is 11.9. The van der Waals surface area contributed by atoms with Gasteiger partial charge in [-0.1, -0.05) is 5.16 Å². The quantitative estimate of drug-likeness (QED) is 0.755. The fourth-order valence-corrected chi connectivity index (χ4v) is 2.18. The Kier molecular flexibility index (Phi) is 5.81. The van der Waals surface area contributed by atoms with Crippen molar-refractivity contribution in [1.29, 1.82) is 0 Å². The van der Waals surface area contributed by atoms with Crippen LogP contribution in [0.25, 0.3) is 0 Å². The molecule has 114 valence electrons. The summed E-state index contributed by atoms with van der Waals surface area (Å²) in [4.78, 5) is 4.28. The Morgan fingerprint density at radius 2 is 2.35 bits per heavy atom. The highest BCUT2D eigenvalue weighted by atomic mass is 19.3. The summed E-state index contributed by atoms with van der Waals surface area (Å²) in [7, 11) is 1.89. The number of likely N-dealkylation sites (N-methyl/N-ethyl adjacent to an activating group) is 1. The van der Waals surface area contributed by atoms with Crippen molar-refractivity contribution >= 4 is 0 Å². The van der Waals surface area contributed by atoms with Crippen LogP contribution in [0.1, 0.15) is 24.1 Å². The first-order valence-corrected chi connectivity index (χ1v) is 6.64. The monoisotopic (exact) mass is 291 g/mol. The van der Waals surface area contributed by atoms with Crippen molar-refractivity contribution < 1.29 is 22.8 Å². The number of hydrogen-bond donors (Lipinski definition) is 1. The van der Waals surface area contributed by atoms with Crippen LogP contribution in [-0.4, -0.2) is 56.1 Å². The number of halogens is 2. The summed E-state index contributed by atoms with van der Waals surface area (Å²) in [5, 5.41) is 7.05. The van der Waals surface area contributed by atoms with Crippen molar-refractivity contribution in [3.8, 4) is 0 Å². The van der Waals surface area contributed by atoms with Gasteiger partial charge in [-0.25, -0.2) is 8.78 Å². The van der Waals surface area contributed by atoms with E-state index in [1.54, 1.807) is 0 Å². The zero-order valence-electron chi connectivity index (χ0n) is 11.3. The second-order valence-corrected chi connectivity index (χ2v) is 4.63. The summed E-state index contributed by atoms with van der Waals surface area (Å²) in [5.41, 5.74) is 0. The number of ether oxygens (including phenoxy) is 2. The van der Waals surface area contributed by atoms with Crippen LogP contribution in [-0.2, 0) is 15.9 Å². The van der Waals surface area contributed by atoms with Crippen LogP contribution in [0.2, 0.25) is 0 Å². The molecular weight excluding hydrogens is 272 g/mol. The Morgan fingerprint density at radius 3 is 3.10 bits per heavy atom. The molecule has 20 heavy (non-hydrogen) atoms. The largest absolute Gasteiger partial charge is 0.381 e. The SMILES string of the molecule is CNC1CCOCC1c1nc(CCOCC(F)F)no1. The summed E-state index contributed by atoms with van der Waals surface area (Å²) in [6.45, 7) is 0.836. The van der Waals surface area contributed by atoms with Crippen molar-refractivity contribution in [3.63, 3.8) is 0 Å². The standard InChI is InChI=1S/C12H19F2N3O3/c1-15-9-2-4-18-6-8(9)12-16-11(17-20-12)3-5-19-7-10(13)14/h8-10,15H,2-7H2,1H3. The lowest BCUT2D eigenvalue weighted by atomic mass is 9.96. The van der Waals surface area contributed by atoms with Crippen molar-refractivity contribution in [3.05, 3.63) is 11.7 Å². The molecule has 1 aromatic heterocycles. The van der Waals surface area contributed by atoms with Gasteiger partial charge in [0.15, 0.2) is 5.82 Å². The maximum Gasteiger partial charge on any atom is 0.261 e. The second-order valence-electron chi connectivity index (χ2n) is 4.63. The number of nitrogens with one attached hydrogen (secondary N) is 1. The van der Waals surface area contributed by atoms with Gasteiger partial charge in [-0.15, -0.1) is 0 Å². The number of aromatic nitrogens is 2. The summed E-state index contributed by atoms with van der Waals surface area (Å²) >= 11 is 0. The molecule has 1 aliphatic rings. The molecular formula is C12H19F2N3O3. The van der Waals surface area contributed by atoms with Crippen LogP contribution in [0, 0.1) is 0 Å². The lowest BCUT2D eigenvalue weighted by Crippen LogP contribution is -2.39. The molecule has 2 unspecified atom stereocenters. The molecule has 6 nitrogen and oxygen atoms in total.